The van der Waals surface area contributed by atoms with E-state index in [0.29, 0.717) is 17.2 Å². The first-order valence-corrected chi connectivity index (χ1v) is 8.27. The number of para-hydroxylation sites is 4. The Hall–Kier alpha value is -3.22. The molecule has 1 aliphatic heterocycles. The van der Waals surface area contributed by atoms with Gasteiger partial charge in [0.1, 0.15) is 11.5 Å². The standard InChI is InChI=1S/C19H21N3O4/c1-20-19(24)17-11-22(14-8-4-6-10-16(14)26-17)12-18(23)21-13-7-3-5-9-15(13)25-2/h3-10,17H,11-12H2,1-2H3,(H,20,24)(H,21,23)/t17-/m0/s1. The third-order valence-corrected chi connectivity index (χ3v) is 4.12. The monoisotopic (exact) mass is 355 g/mol. The number of likely N-dealkylation sites (N-methyl/N-ethyl adjacent to an activating group) is 1. The largest absolute Gasteiger partial charge is 0.495 e. The number of rotatable bonds is 5. The summed E-state index contributed by atoms with van der Waals surface area (Å²) in [5.74, 6) is 0.736. The van der Waals surface area contributed by atoms with Gasteiger partial charge in [-0.05, 0) is 24.3 Å². The first kappa shape index (κ1) is 17.6. The lowest BCUT2D eigenvalue weighted by Gasteiger charge is -2.35. The Balaban J connectivity index is 1.77. The van der Waals surface area contributed by atoms with Crippen LogP contribution in [-0.2, 0) is 9.59 Å². The fourth-order valence-electron chi connectivity index (χ4n) is 2.87. The number of fused-ring (bicyclic) bond motifs is 1. The van der Waals surface area contributed by atoms with Crippen LogP contribution in [0.5, 0.6) is 11.5 Å². The second-order valence-corrected chi connectivity index (χ2v) is 5.82. The number of anilines is 2. The summed E-state index contributed by atoms with van der Waals surface area (Å²) in [7, 11) is 3.11. The van der Waals surface area contributed by atoms with Gasteiger partial charge >= 0.3 is 0 Å². The van der Waals surface area contributed by atoms with Gasteiger partial charge < -0.3 is 25.0 Å². The van der Waals surface area contributed by atoms with Crippen LogP contribution in [0.3, 0.4) is 0 Å². The number of hydrogen-bond donors (Lipinski definition) is 2. The molecule has 3 rings (SSSR count). The Kier molecular flexibility index (Phi) is 5.26. The van der Waals surface area contributed by atoms with Crippen molar-refractivity contribution in [3.8, 4) is 11.5 Å². The number of hydrogen-bond acceptors (Lipinski definition) is 5. The first-order chi connectivity index (χ1) is 12.6. The van der Waals surface area contributed by atoms with Gasteiger partial charge in [-0.25, -0.2) is 0 Å². The molecular formula is C19H21N3O4. The highest BCUT2D eigenvalue weighted by atomic mass is 16.5. The third-order valence-electron chi connectivity index (χ3n) is 4.12. The van der Waals surface area contributed by atoms with Crippen molar-refractivity contribution in [1.29, 1.82) is 0 Å². The molecule has 0 unspecified atom stereocenters. The minimum absolute atomic E-state index is 0.0892. The van der Waals surface area contributed by atoms with Gasteiger partial charge in [0.05, 0.1) is 31.6 Å². The smallest absolute Gasteiger partial charge is 0.262 e. The molecule has 0 aromatic heterocycles. The molecule has 0 aliphatic carbocycles. The number of carbonyl (C=O) groups excluding carboxylic acids is 2. The topological polar surface area (TPSA) is 79.9 Å². The van der Waals surface area contributed by atoms with E-state index < -0.39 is 6.10 Å². The normalized spacial score (nSPS) is 15.5. The van der Waals surface area contributed by atoms with Gasteiger partial charge in [-0.3, -0.25) is 9.59 Å². The molecule has 1 heterocycles. The number of methoxy groups -OCH3 is 1. The Morgan fingerprint density at radius 2 is 1.92 bits per heavy atom. The molecule has 2 aromatic rings. The van der Waals surface area contributed by atoms with Crippen molar-refractivity contribution in [3.63, 3.8) is 0 Å². The number of benzene rings is 2. The molecule has 2 amide bonds. The lowest BCUT2D eigenvalue weighted by molar-refractivity contribution is -0.127. The van der Waals surface area contributed by atoms with E-state index in [1.807, 2.05) is 35.2 Å². The van der Waals surface area contributed by atoms with E-state index in [-0.39, 0.29) is 24.9 Å². The van der Waals surface area contributed by atoms with E-state index in [9.17, 15) is 9.59 Å². The predicted octanol–water partition coefficient (Wildman–Crippen LogP) is 1.65. The van der Waals surface area contributed by atoms with Crippen LogP contribution in [-0.4, -0.2) is 45.2 Å². The highest BCUT2D eigenvalue weighted by molar-refractivity contribution is 5.96. The van der Waals surface area contributed by atoms with E-state index in [4.69, 9.17) is 9.47 Å². The summed E-state index contributed by atoms with van der Waals surface area (Å²) in [6.07, 6.45) is -0.672. The van der Waals surface area contributed by atoms with Crippen molar-refractivity contribution < 1.29 is 19.1 Å². The lowest BCUT2D eigenvalue weighted by atomic mass is 10.1. The molecule has 136 valence electrons. The molecule has 7 nitrogen and oxygen atoms in total. The summed E-state index contributed by atoms with van der Waals surface area (Å²) in [5.41, 5.74) is 1.38. The van der Waals surface area contributed by atoms with Gasteiger partial charge in [-0.15, -0.1) is 0 Å². The minimum atomic E-state index is -0.672. The SMILES string of the molecule is CNC(=O)[C@@H]1CN(CC(=O)Nc2ccccc2OC)c2ccccc2O1. The number of nitrogens with one attached hydrogen (secondary N) is 2. The second-order valence-electron chi connectivity index (χ2n) is 5.82. The van der Waals surface area contributed by atoms with Crippen molar-refractivity contribution in [2.75, 3.05) is 37.5 Å². The average molecular weight is 355 g/mol. The zero-order valence-corrected chi connectivity index (χ0v) is 14.7. The lowest BCUT2D eigenvalue weighted by Crippen LogP contribution is -2.50. The summed E-state index contributed by atoms with van der Waals surface area (Å²) in [4.78, 5) is 26.4. The molecule has 0 bridgehead atoms. The molecule has 1 atom stereocenters. The zero-order valence-electron chi connectivity index (χ0n) is 14.7. The first-order valence-electron chi connectivity index (χ1n) is 8.27. The van der Waals surface area contributed by atoms with Crippen LogP contribution in [0.1, 0.15) is 0 Å². The van der Waals surface area contributed by atoms with Gasteiger partial charge in [-0.1, -0.05) is 24.3 Å². The molecule has 0 saturated heterocycles. The number of amides is 2. The Labute approximate surface area is 151 Å². The van der Waals surface area contributed by atoms with E-state index in [2.05, 4.69) is 10.6 Å². The molecule has 0 saturated carbocycles. The summed E-state index contributed by atoms with van der Waals surface area (Å²) < 4.78 is 11.0. The van der Waals surface area contributed by atoms with Gasteiger partial charge in [0.15, 0.2) is 6.10 Å². The van der Waals surface area contributed by atoms with Gasteiger partial charge in [0.25, 0.3) is 5.91 Å². The summed E-state index contributed by atoms with van der Waals surface area (Å²) in [6.45, 7) is 0.377. The van der Waals surface area contributed by atoms with Crippen molar-refractivity contribution in [2.45, 2.75) is 6.10 Å². The van der Waals surface area contributed by atoms with Crippen LogP contribution in [0.15, 0.2) is 48.5 Å². The quantitative estimate of drug-likeness (QED) is 0.852. The summed E-state index contributed by atoms with van der Waals surface area (Å²) >= 11 is 0. The van der Waals surface area contributed by atoms with Crippen LogP contribution in [0.4, 0.5) is 11.4 Å². The molecule has 2 aromatic carbocycles. The molecule has 1 aliphatic rings. The number of ether oxygens (including phenoxy) is 2. The Morgan fingerprint density at radius 1 is 1.19 bits per heavy atom. The molecular weight excluding hydrogens is 334 g/mol. The van der Waals surface area contributed by atoms with Crippen LogP contribution in [0, 0.1) is 0 Å². The van der Waals surface area contributed by atoms with E-state index in [0.717, 1.165) is 5.69 Å². The van der Waals surface area contributed by atoms with Gasteiger partial charge in [0, 0.05) is 7.05 Å². The maximum Gasteiger partial charge on any atom is 0.262 e. The van der Waals surface area contributed by atoms with E-state index in [1.54, 1.807) is 32.4 Å². The van der Waals surface area contributed by atoms with Crippen molar-refractivity contribution in [1.82, 2.24) is 5.32 Å². The average Bonchev–Trinajstić information content (AvgIpc) is 2.67. The van der Waals surface area contributed by atoms with Crippen molar-refractivity contribution in [2.24, 2.45) is 0 Å². The van der Waals surface area contributed by atoms with Gasteiger partial charge in [-0.2, -0.15) is 0 Å². The van der Waals surface area contributed by atoms with E-state index in [1.165, 1.54) is 0 Å². The van der Waals surface area contributed by atoms with Crippen molar-refractivity contribution >= 4 is 23.2 Å². The van der Waals surface area contributed by atoms with Gasteiger partial charge in [0.2, 0.25) is 5.91 Å². The van der Waals surface area contributed by atoms with Crippen LogP contribution in [0.25, 0.3) is 0 Å². The Morgan fingerprint density at radius 3 is 2.69 bits per heavy atom. The Bertz CT molecular complexity index is 809. The summed E-state index contributed by atoms with van der Waals surface area (Å²) in [5, 5.41) is 5.44. The maximum absolute atomic E-state index is 12.6. The van der Waals surface area contributed by atoms with E-state index >= 15 is 0 Å². The van der Waals surface area contributed by atoms with Crippen LogP contribution < -0.4 is 25.0 Å². The fourth-order valence-corrected chi connectivity index (χ4v) is 2.87. The maximum atomic E-state index is 12.6. The van der Waals surface area contributed by atoms with Crippen molar-refractivity contribution in [3.05, 3.63) is 48.5 Å². The number of nitrogens with zero attached hydrogens (tertiary/aromatic N) is 1. The third kappa shape index (κ3) is 3.72. The molecule has 0 fully saturated rings. The van der Waals surface area contributed by atoms with Crippen LogP contribution in [0.2, 0.25) is 0 Å². The molecule has 26 heavy (non-hydrogen) atoms. The highest BCUT2D eigenvalue weighted by Gasteiger charge is 2.31. The minimum Gasteiger partial charge on any atom is -0.495 e. The molecule has 2 N–H and O–H groups in total. The second kappa shape index (κ2) is 7.77. The zero-order chi connectivity index (χ0) is 18.5. The van der Waals surface area contributed by atoms with Crippen LogP contribution >= 0.6 is 0 Å². The molecule has 0 radical (unpaired) electrons. The highest BCUT2D eigenvalue weighted by Crippen LogP contribution is 2.33. The molecule has 0 spiro atoms. The fraction of sp³-hybridized carbons (Fsp3) is 0.263. The predicted molar refractivity (Wildman–Crippen MR) is 98.8 cm³/mol. The summed E-state index contributed by atoms with van der Waals surface area (Å²) in [6, 6.07) is 14.6. The number of carbonyl (C=O) groups is 2. The molecule has 7 heteroatoms.